The minimum absolute atomic E-state index is 0.557. The number of hydrogen-bond acceptors (Lipinski definition) is 4. The highest BCUT2D eigenvalue weighted by Crippen LogP contribution is 2.42. The van der Waals surface area contributed by atoms with Crippen LogP contribution in [0.1, 0.15) is 0 Å². The van der Waals surface area contributed by atoms with E-state index in [0.717, 1.165) is 99.4 Å². The minimum Gasteiger partial charge on any atom is -0.455 e. The van der Waals surface area contributed by atoms with Gasteiger partial charge in [-0.15, -0.1) is 0 Å². The largest absolute Gasteiger partial charge is 0.455 e. The topological polar surface area (TPSA) is 56.7 Å². The van der Waals surface area contributed by atoms with E-state index in [4.69, 9.17) is 19.4 Å². The molecule has 0 aliphatic heterocycles. The first-order valence-electron chi connectivity index (χ1n) is 20.8. The van der Waals surface area contributed by atoms with Gasteiger partial charge in [-0.05, 0) is 63.7 Å². The van der Waals surface area contributed by atoms with Gasteiger partial charge in [0.05, 0.1) is 11.0 Å². The second kappa shape index (κ2) is 14.7. The number of rotatable bonds is 7. The van der Waals surface area contributed by atoms with E-state index in [1.807, 2.05) is 48.5 Å². The molecule has 9 aromatic carbocycles. The maximum absolute atomic E-state index is 6.45. The summed E-state index contributed by atoms with van der Waals surface area (Å²) in [6.07, 6.45) is 0. The fraction of sp³-hybridized carbons (Fsp3) is 0. The van der Waals surface area contributed by atoms with Crippen molar-refractivity contribution in [2.24, 2.45) is 0 Å². The molecule has 5 heteroatoms. The van der Waals surface area contributed by atoms with Gasteiger partial charge in [-0.25, -0.2) is 4.98 Å². The van der Waals surface area contributed by atoms with Crippen molar-refractivity contribution in [1.29, 1.82) is 0 Å². The Hall–Kier alpha value is -8.41. The number of nitrogens with zero attached hydrogens (tertiary/aromatic N) is 4. The Labute approximate surface area is 357 Å². The Balaban J connectivity index is 1.06. The van der Waals surface area contributed by atoms with Crippen molar-refractivity contribution in [1.82, 2.24) is 19.5 Å². The predicted molar refractivity (Wildman–Crippen MR) is 254 cm³/mol. The fourth-order valence-electron chi connectivity index (χ4n) is 8.92. The summed E-state index contributed by atoms with van der Waals surface area (Å²) in [5, 5.41) is 4.48. The average Bonchev–Trinajstić information content (AvgIpc) is 3.91. The van der Waals surface area contributed by atoms with Crippen molar-refractivity contribution in [3.05, 3.63) is 218 Å². The number of hydrogen-bond donors (Lipinski definition) is 0. The molecule has 0 fully saturated rings. The van der Waals surface area contributed by atoms with E-state index in [1.165, 1.54) is 0 Å². The molecule has 0 bridgehead atoms. The second-order valence-corrected chi connectivity index (χ2v) is 15.6. The molecule has 62 heavy (non-hydrogen) atoms. The molecule has 0 aliphatic carbocycles. The van der Waals surface area contributed by atoms with Crippen molar-refractivity contribution in [2.75, 3.05) is 0 Å². The van der Waals surface area contributed by atoms with Crippen LogP contribution in [0.5, 0.6) is 0 Å². The monoisotopic (exact) mass is 792 g/mol. The summed E-state index contributed by atoms with van der Waals surface area (Å²) in [4.78, 5) is 15.6. The van der Waals surface area contributed by atoms with Gasteiger partial charge in [0.2, 0.25) is 5.95 Å². The van der Waals surface area contributed by atoms with Gasteiger partial charge < -0.3 is 4.42 Å². The number of fused-ring (bicyclic) bond motifs is 6. The van der Waals surface area contributed by atoms with Crippen molar-refractivity contribution >= 4 is 43.7 Å². The highest BCUT2D eigenvalue weighted by Gasteiger charge is 2.22. The molecule has 290 valence electrons. The third-order valence-corrected chi connectivity index (χ3v) is 11.9. The molecule has 0 radical (unpaired) electrons. The molecule has 0 unspecified atom stereocenters. The third-order valence-electron chi connectivity index (χ3n) is 11.9. The van der Waals surface area contributed by atoms with Crippen molar-refractivity contribution in [3.8, 4) is 73.2 Å². The molecule has 0 amide bonds. The van der Waals surface area contributed by atoms with Gasteiger partial charge in [0.25, 0.3) is 0 Å². The normalized spacial score (nSPS) is 11.5. The summed E-state index contributed by atoms with van der Waals surface area (Å²) < 4.78 is 8.69. The van der Waals surface area contributed by atoms with Gasteiger partial charge >= 0.3 is 0 Å². The lowest BCUT2D eigenvalue weighted by Gasteiger charge is -2.14. The summed E-state index contributed by atoms with van der Waals surface area (Å²) in [5.74, 6) is 1.78. The Morgan fingerprint density at radius 3 is 1.50 bits per heavy atom. The van der Waals surface area contributed by atoms with Crippen molar-refractivity contribution < 1.29 is 4.42 Å². The Kier molecular flexibility index (Phi) is 8.42. The zero-order valence-corrected chi connectivity index (χ0v) is 33.5. The Morgan fingerprint density at radius 2 is 0.823 bits per heavy atom. The number of para-hydroxylation sites is 3. The van der Waals surface area contributed by atoms with E-state index in [9.17, 15) is 0 Å². The maximum atomic E-state index is 6.45. The van der Waals surface area contributed by atoms with Gasteiger partial charge in [0.15, 0.2) is 11.6 Å². The van der Waals surface area contributed by atoms with Crippen LogP contribution in [-0.4, -0.2) is 19.5 Å². The van der Waals surface area contributed by atoms with Crippen LogP contribution in [0.3, 0.4) is 0 Å². The molecule has 3 heterocycles. The lowest BCUT2D eigenvalue weighted by molar-refractivity contribution is 0.670. The van der Waals surface area contributed by atoms with E-state index in [1.54, 1.807) is 0 Å². The second-order valence-electron chi connectivity index (χ2n) is 15.6. The number of furan rings is 1. The summed E-state index contributed by atoms with van der Waals surface area (Å²) in [6.45, 7) is 0. The van der Waals surface area contributed by atoms with Crippen LogP contribution in [0.15, 0.2) is 223 Å². The third kappa shape index (κ3) is 6.06. The molecule has 0 saturated carbocycles. The standard InChI is InChI=1S/C57H36N4O/c1-4-16-37(17-5-1)42-32-33-51-50(36-42)48-29-14-27-45(53(48)61(51)57-59-55(38-18-6-2-7-19-38)58-56(60-57)39-20-8-3-9-21-39)43-24-12-22-40(34-43)41-23-13-25-44(35-41)46-28-15-30-49-47-26-10-11-31-52(47)62-54(46)49/h1-36H. The van der Waals surface area contributed by atoms with Gasteiger partial charge in [0.1, 0.15) is 11.2 Å². The first-order valence-corrected chi connectivity index (χ1v) is 20.8. The molecule has 0 spiro atoms. The molecule has 12 aromatic rings. The van der Waals surface area contributed by atoms with Crippen LogP contribution in [0, 0.1) is 0 Å². The molecule has 3 aromatic heterocycles. The van der Waals surface area contributed by atoms with Crippen molar-refractivity contribution in [2.45, 2.75) is 0 Å². The van der Waals surface area contributed by atoms with E-state index in [2.05, 4.69) is 174 Å². The average molecular weight is 793 g/mol. The molecule has 12 rings (SSSR count). The Bertz CT molecular complexity index is 3570. The molecule has 5 nitrogen and oxygen atoms in total. The quantitative estimate of drug-likeness (QED) is 0.161. The molecular weight excluding hydrogens is 757 g/mol. The smallest absolute Gasteiger partial charge is 0.238 e. The van der Waals surface area contributed by atoms with Crippen LogP contribution in [0.2, 0.25) is 0 Å². The van der Waals surface area contributed by atoms with Gasteiger partial charge in [-0.2, -0.15) is 9.97 Å². The van der Waals surface area contributed by atoms with Crippen LogP contribution in [0.4, 0.5) is 0 Å². The number of aromatic nitrogens is 4. The van der Waals surface area contributed by atoms with Crippen LogP contribution >= 0.6 is 0 Å². The van der Waals surface area contributed by atoms with Crippen molar-refractivity contribution in [3.63, 3.8) is 0 Å². The summed E-state index contributed by atoms with van der Waals surface area (Å²) in [7, 11) is 0. The molecule has 0 atom stereocenters. The summed E-state index contributed by atoms with van der Waals surface area (Å²) >= 11 is 0. The fourth-order valence-corrected chi connectivity index (χ4v) is 8.92. The zero-order chi connectivity index (χ0) is 41.0. The van der Waals surface area contributed by atoms with Crippen LogP contribution in [-0.2, 0) is 0 Å². The molecule has 0 saturated heterocycles. The predicted octanol–water partition coefficient (Wildman–Crippen LogP) is 14.9. The van der Waals surface area contributed by atoms with Crippen LogP contribution < -0.4 is 0 Å². The van der Waals surface area contributed by atoms with Gasteiger partial charge in [-0.1, -0.05) is 188 Å². The SMILES string of the molecule is c1ccc(-c2ccc3c(c2)c2cccc(-c4cccc(-c5cccc(-c6cccc7c6oc6ccccc67)c5)c4)c2n3-c2nc(-c3ccccc3)nc(-c3ccccc3)n2)cc1. The van der Waals surface area contributed by atoms with E-state index in [0.29, 0.717) is 17.6 Å². The molecule has 0 N–H and O–H groups in total. The lowest BCUT2D eigenvalue weighted by atomic mass is 9.95. The van der Waals surface area contributed by atoms with E-state index in [-0.39, 0.29) is 0 Å². The number of benzene rings is 9. The highest BCUT2D eigenvalue weighted by atomic mass is 16.3. The Morgan fingerprint density at radius 1 is 0.323 bits per heavy atom. The summed E-state index contributed by atoms with van der Waals surface area (Å²) in [5.41, 5.74) is 14.6. The first kappa shape index (κ1) is 35.5. The first-order chi connectivity index (χ1) is 30.7. The minimum atomic E-state index is 0.557. The van der Waals surface area contributed by atoms with E-state index >= 15 is 0 Å². The highest BCUT2D eigenvalue weighted by molar-refractivity contribution is 6.15. The summed E-state index contributed by atoms with van der Waals surface area (Å²) in [6, 6.07) is 76.4. The van der Waals surface area contributed by atoms with Crippen LogP contribution in [0.25, 0.3) is 117 Å². The zero-order valence-electron chi connectivity index (χ0n) is 33.5. The molecule has 0 aliphatic rings. The van der Waals surface area contributed by atoms with Gasteiger partial charge in [0, 0.05) is 43.8 Å². The lowest BCUT2D eigenvalue weighted by Crippen LogP contribution is -2.07. The van der Waals surface area contributed by atoms with E-state index < -0.39 is 0 Å². The maximum Gasteiger partial charge on any atom is 0.238 e. The molecular formula is C57H36N4O. The van der Waals surface area contributed by atoms with Gasteiger partial charge in [-0.3, -0.25) is 4.57 Å².